The van der Waals surface area contributed by atoms with Crippen molar-refractivity contribution < 1.29 is 9.63 Å². The zero-order chi connectivity index (χ0) is 16.2. The molecule has 1 N–H and O–H groups in total. The van der Waals surface area contributed by atoms with Gasteiger partial charge in [-0.2, -0.15) is 10.1 Å². The molecule has 1 fully saturated rings. The molecule has 0 amide bonds. The number of hydrogen-bond acceptors (Lipinski definition) is 7. The molecule has 0 bridgehead atoms. The highest BCUT2D eigenvalue weighted by atomic mass is 16.5. The third kappa shape index (κ3) is 4.37. The Morgan fingerprint density at radius 3 is 3.04 bits per heavy atom. The molecule has 2 atom stereocenters. The maximum Gasteiger partial charge on any atom is 0.223 e. The van der Waals surface area contributed by atoms with Crippen LogP contribution in [0.25, 0.3) is 0 Å². The Bertz CT molecular complexity index is 599. The first-order chi connectivity index (χ1) is 11.1. The van der Waals surface area contributed by atoms with Crippen molar-refractivity contribution in [3.8, 4) is 0 Å². The van der Waals surface area contributed by atoms with E-state index < -0.39 is 6.10 Å². The Balaban J connectivity index is 1.44. The Labute approximate surface area is 135 Å². The van der Waals surface area contributed by atoms with Gasteiger partial charge in [0.15, 0.2) is 5.82 Å². The molecule has 2 aromatic heterocycles. The summed E-state index contributed by atoms with van der Waals surface area (Å²) in [7, 11) is 2.08. The van der Waals surface area contributed by atoms with Gasteiger partial charge in [-0.05, 0) is 26.1 Å². The number of likely N-dealkylation sites (N-methyl/N-ethyl adjacent to an activating group) is 1. The highest BCUT2D eigenvalue weighted by Gasteiger charge is 2.27. The van der Waals surface area contributed by atoms with E-state index in [2.05, 4.69) is 32.1 Å². The van der Waals surface area contributed by atoms with Crippen molar-refractivity contribution in [2.24, 2.45) is 0 Å². The summed E-state index contributed by atoms with van der Waals surface area (Å²) < 4.78 is 6.78. The first-order valence-electron chi connectivity index (χ1n) is 7.97. The second-order valence-corrected chi connectivity index (χ2v) is 6.23. The van der Waals surface area contributed by atoms with Gasteiger partial charge in [0.05, 0.1) is 19.2 Å². The van der Waals surface area contributed by atoms with E-state index in [4.69, 9.17) is 4.52 Å². The molecular formula is C15H24N6O2. The van der Waals surface area contributed by atoms with Crippen LogP contribution in [-0.4, -0.2) is 73.7 Å². The van der Waals surface area contributed by atoms with Crippen LogP contribution in [-0.2, 0) is 13.1 Å². The summed E-state index contributed by atoms with van der Waals surface area (Å²) in [5.74, 6) is 1.32. The molecular weight excluding hydrogens is 296 g/mol. The predicted molar refractivity (Wildman–Crippen MR) is 83.6 cm³/mol. The average Bonchev–Trinajstić information content (AvgIpc) is 3.22. The number of aliphatic hydroxyl groups is 1. The number of hydrogen-bond donors (Lipinski definition) is 1. The van der Waals surface area contributed by atoms with Gasteiger partial charge >= 0.3 is 0 Å². The van der Waals surface area contributed by atoms with Gasteiger partial charge < -0.3 is 9.63 Å². The number of nitrogens with zero attached hydrogens (tertiary/aromatic N) is 6. The summed E-state index contributed by atoms with van der Waals surface area (Å²) in [6.45, 7) is 5.64. The van der Waals surface area contributed by atoms with Crippen LogP contribution in [0, 0.1) is 6.92 Å². The zero-order valence-corrected chi connectivity index (χ0v) is 13.7. The van der Waals surface area contributed by atoms with Crippen molar-refractivity contribution in [3.63, 3.8) is 0 Å². The molecule has 23 heavy (non-hydrogen) atoms. The van der Waals surface area contributed by atoms with Crippen molar-refractivity contribution in [3.05, 3.63) is 30.2 Å². The van der Waals surface area contributed by atoms with E-state index in [1.165, 1.54) is 0 Å². The van der Waals surface area contributed by atoms with Crippen molar-refractivity contribution in [1.29, 1.82) is 0 Å². The molecule has 0 radical (unpaired) electrons. The van der Waals surface area contributed by atoms with E-state index in [9.17, 15) is 5.11 Å². The average molecular weight is 320 g/mol. The summed E-state index contributed by atoms with van der Waals surface area (Å²) in [5.41, 5.74) is 0. The Morgan fingerprint density at radius 2 is 2.35 bits per heavy atom. The van der Waals surface area contributed by atoms with Crippen LogP contribution in [0.2, 0.25) is 0 Å². The fraction of sp³-hybridized carbons (Fsp3) is 0.667. The van der Waals surface area contributed by atoms with Crippen molar-refractivity contribution >= 4 is 0 Å². The van der Waals surface area contributed by atoms with Crippen LogP contribution in [0.1, 0.15) is 18.1 Å². The van der Waals surface area contributed by atoms with Gasteiger partial charge in [-0.15, -0.1) is 0 Å². The molecule has 0 aromatic carbocycles. The highest BCUT2D eigenvalue weighted by molar-refractivity contribution is 4.88. The molecule has 1 aliphatic rings. The van der Waals surface area contributed by atoms with Gasteiger partial charge in [0, 0.05) is 38.4 Å². The van der Waals surface area contributed by atoms with E-state index in [1.807, 2.05) is 12.3 Å². The fourth-order valence-corrected chi connectivity index (χ4v) is 3.08. The predicted octanol–water partition coefficient (Wildman–Crippen LogP) is 0.142. The smallest absolute Gasteiger partial charge is 0.223 e. The van der Waals surface area contributed by atoms with Crippen molar-refractivity contribution in [1.82, 2.24) is 29.7 Å². The third-order valence-corrected chi connectivity index (χ3v) is 4.26. The van der Waals surface area contributed by atoms with E-state index >= 15 is 0 Å². The highest BCUT2D eigenvalue weighted by Crippen LogP contribution is 2.16. The number of aliphatic hydroxyl groups excluding tert-OH is 1. The molecule has 126 valence electrons. The maximum absolute atomic E-state index is 10.2. The Morgan fingerprint density at radius 1 is 1.48 bits per heavy atom. The normalized spacial score (nSPS) is 20.4. The molecule has 1 saturated heterocycles. The van der Waals surface area contributed by atoms with E-state index in [0.717, 1.165) is 25.3 Å². The van der Waals surface area contributed by atoms with Crippen molar-refractivity contribution in [2.45, 2.75) is 38.6 Å². The SMILES string of the molecule is Cc1nc(CN(C)[C@@H]2CCN(C[C@H](O)Cn3cccn3)C2)no1. The van der Waals surface area contributed by atoms with Gasteiger partial charge in [-0.3, -0.25) is 14.5 Å². The van der Waals surface area contributed by atoms with E-state index in [-0.39, 0.29) is 0 Å². The Kier molecular flexibility index (Phi) is 5.04. The minimum Gasteiger partial charge on any atom is -0.390 e. The molecule has 0 aliphatic carbocycles. The molecule has 8 nitrogen and oxygen atoms in total. The summed E-state index contributed by atoms with van der Waals surface area (Å²) in [5, 5.41) is 18.3. The van der Waals surface area contributed by atoms with Crippen LogP contribution >= 0.6 is 0 Å². The first kappa shape index (κ1) is 16.1. The van der Waals surface area contributed by atoms with Crippen LogP contribution in [0.15, 0.2) is 23.0 Å². The molecule has 1 aliphatic heterocycles. The van der Waals surface area contributed by atoms with Crippen LogP contribution in [0.5, 0.6) is 0 Å². The number of aromatic nitrogens is 4. The molecule has 0 saturated carbocycles. The number of likely N-dealkylation sites (tertiary alicyclic amines) is 1. The summed E-state index contributed by atoms with van der Waals surface area (Å²) in [6, 6.07) is 2.32. The van der Waals surface area contributed by atoms with Gasteiger partial charge in [-0.25, -0.2) is 0 Å². The van der Waals surface area contributed by atoms with E-state index in [1.54, 1.807) is 17.8 Å². The third-order valence-electron chi connectivity index (χ3n) is 4.26. The lowest BCUT2D eigenvalue weighted by Crippen LogP contribution is -2.37. The maximum atomic E-state index is 10.2. The van der Waals surface area contributed by atoms with Crippen molar-refractivity contribution in [2.75, 3.05) is 26.7 Å². The lowest BCUT2D eigenvalue weighted by atomic mass is 10.2. The molecule has 3 heterocycles. The number of rotatable bonds is 7. The number of β-amino-alcohol motifs (C(OH)–C–C–N with tert-alkyl or cyclic N) is 1. The van der Waals surface area contributed by atoms with Crippen LogP contribution < -0.4 is 0 Å². The minimum absolute atomic E-state index is 0.404. The summed E-state index contributed by atoms with van der Waals surface area (Å²) in [4.78, 5) is 8.80. The summed E-state index contributed by atoms with van der Waals surface area (Å²) >= 11 is 0. The second kappa shape index (κ2) is 7.20. The lowest BCUT2D eigenvalue weighted by molar-refractivity contribution is 0.101. The topological polar surface area (TPSA) is 83.5 Å². The zero-order valence-electron chi connectivity index (χ0n) is 13.7. The van der Waals surface area contributed by atoms with E-state index in [0.29, 0.717) is 31.6 Å². The fourth-order valence-electron chi connectivity index (χ4n) is 3.08. The van der Waals surface area contributed by atoms with Gasteiger partial charge in [-0.1, -0.05) is 5.16 Å². The number of aryl methyl sites for hydroxylation is 1. The lowest BCUT2D eigenvalue weighted by Gasteiger charge is -2.24. The second-order valence-electron chi connectivity index (χ2n) is 6.23. The monoisotopic (exact) mass is 320 g/mol. The quantitative estimate of drug-likeness (QED) is 0.777. The molecule has 2 aromatic rings. The summed E-state index contributed by atoms with van der Waals surface area (Å²) in [6.07, 6.45) is 4.28. The minimum atomic E-state index is -0.404. The van der Waals surface area contributed by atoms with Gasteiger partial charge in [0.1, 0.15) is 0 Å². The largest absolute Gasteiger partial charge is 0.390 e. The van der Waals surface area contributed by atoms with Gasteiger partial charge in [0.25, 0.3) is 0 Å². The van der Waals surface area contributed by atoms with Crippen LogP contribution in [0.4, 0.5) is 0 Å². The van der Waals surface area contributed by atoms with Gasteiger partial charge in [0.2, 0.25) is 5.89 Å². The Hall–Kier alpha value is -1.77. The molecule has 8 heteroatoms. The standard InChI is InChI=1S/C15H24N6O2/c1-12-17-15(18-23-12)11-19(2)13-4-7-20(8-13)9-14(22)10-21-6-3-5-16-21/h3,5-6,13-14,22H,4,7-11H2,1-2H3/t13-,14+/m1/s1. The molecule has 0 spiro atoms. The molecule has 0 unspecified atom stereocenters. The molecule has 3 rings (SSSR count). The first-order valence-corrected chi connectivity index (χ1v) is 7.97. The van der Waals surface area contributed by atoms with Crippen LogP contribution in [0.3, 0.4) is 0 Å².